The van der Waals surface area contributed by atoms with Gasteiger partial charge in [0.05, 0.1) is 6.10 Å². The van der Waals surface area contributed by atoms with Gasteiger partial charge in [-0.2, -0.15) is 0 Å². The molecule has 18 heavy (non-hydrogen) atoms. The third-order valence-corrected chi connectivity index (χ3v) is 10.5. The molecule has 2 nitrogen and oxygen atoms in total. The lowest BCUT2D eigenvalue weighted by Crippen LogP contribution is -2.44. The predicted octanol–water partition coefficient (Wildman–Crippen LogP) is 3.66. The van der Waals surface area contributed by atoms with Crippen molar-refractivity contribution in [2.75, 3.05) is 6.61 Å². The summed E-state index contributed by atoms with van der Waals surface area (Å²) in [7, 11) is -1.63. The van der Waals surface area contributed by atoms with Crippen molar-refractivity contribution in [1.29, 1.82) is 0 Å². The third-order valence-electron chi connectivity index (χ3n) is 6.03. The topological polar surface area (TPSA) is 29.5 Å². The molecule has 5 atom stereocenters. The summed E-state index contributed by atoms with van der Waals surface area (Å²) < 4.78 is 6.38. The molecule has 3 heteroatoms. The summed E-state index contributed by atoms with van der Waals surface area (Å²) in [5.41, 5.74) is 0. The number of aliphatic hydroxyl groups excluding tert-OH is 1. The van der Waals surface area contributed by atoms with Crippen LogP contribution < -0.4 is 0 Å². The quantitative estimate of drug-likeness (QED) is 0.793. The maximum absolute atomic E-state index is 10.1. The zero-order valence-corrected chi connectivity index (χ0v) is 13.9. The Kier molecular flexibility index (Phi) is 3.72. The Bertz CT molecular complexity index is 308. The van der Waals surface area contributed by atoms with Crippen LogP contribution in [0.2, 0.25) is 18.1 Å². The summed E-state index contributed by atoms with van der Waals surface area (Å²) in [5, 5.41) is 10.3. The maximum Gasteiger partial charge on any atom is 0.191 e. The van der Waals surface area contributed by atoms with Crippen molar-refractivity contribution in [1.82, 2.24) is 0 Å². The largest absolute Gasteiger partial charge is 0.417 e. The molecule has 2 fully saturated rings. The molecule has 1 N–H and O–H groups in total. The zero-order valence-electron chi connectivity index (χ0n) is 12.9. The lowest BCUT2D eigenvalue weighted by atomic mass is 9.79. The minimum Gasteiger partial charge on any atom is -0.417 e. The molecule has 0 aromatic heterocycles. The van der Waals surface area contributed by atoms with Crippen LogP contribution in [-0.4, -0.2) is 26.1 Å². The molecule has 2 bridgehead atoms. The van der Waals surface area contributed by atoms with E-state index in [1.807, 2.05) is 0 Å². The van der Waals surface area contributed by atoms with Crippen molar-refractivity contribution in [3.63, 3.8) is 0 Å². The van der Waals surface area contributed by atoms with Gasteiger partial charge in [0.25, 0.3) is 0 Å². The van der Waals surface area contributed by atoms with E-state index < -0.39 is 8.32 Å². The normalized spacial score (nSPS) is 40.5. The second-order valence-electron chi connectivity index (χ2n) is 8.06. The van der Waals surface area contributed by atoms with Crippen LogP contribution in [0.5, 0.6) is 0 Å². The number of hydrogen-bond donors (Lipinski definition) is 1. The number of aliphatic hydroxyl groups is 1. The second kappa shape index (κ2) is 4.60. The van der Waals surface area contributed by atoms with Crippen molar-refractivity contribution in [3.05, 3.63) is 0 Å². The predicted molar refractivity (Wildman–Crippen MR) is 78.0 cm³/mol. The monoisotopic (exact) mass is 270 g/mol. The summed E-state index contributed by atoms with van der Waals surface area (Å²) >= 11 is 0. The summed E-state index contributed by atoms with van der Waals surface area (Å²) in [4.78, 5) is 0. The first-order valence-electron chi connectivity index (χ1n) is 7.45. The molecule has 0 radical (unpaired) electrons. The molecule has 2 saturated carbocycles. The average Bonchev–Trinajstić information content (AvgIpc) is 2.71. The lowest BCUT2D eigenvalue weighted by Gasteiger charge is -2.39. The van der Waals surface area contributed by atoms with Gasteiger partial charge >= 0.3 is 0 Å². The Labute approximate surface area is 113 Å². The third kappa shape index (κ3) is 2.41. The highest BCUT2D eigenvalue weighted by Crippen LogP contribution is 2.52. The molecule has 0 saturated heterocycles. The van der Waals surface area contributed by atoms with Crippen molar-refractivity contribution >= 4 is 8.32 Å². The highest BCUT2D eigenvalue weighted by atomic mass is 28.4. The Morgan fingerprint density at radius 2 is 1.83 bits per heavy atom. The minimum absolute atomic E-state index is 0.0563. The number of hydrogen-bond acceptors (Lipinski definition) is 2. The molecular formula is C15H30O2Si. The van der Waals surface area contributed by atoms with Gasteiger partial charge in [0.2, 0.25) is 0 Å². The summed E-state index contributed by atoms with van der Waals surface area (Å²) in [6, 6.07) is 0. The summed E-state index contributed by atoms with van der Waals surface area (Å²) in [6.07, 6.45) is 2.20. The molecule has 0 heterocycles. The fourth-order valence-electron chi connectivity index (χ4n) is 3.51. The molecule has 0 aromatic carbocycles. The van der Waals surface area contributed by atoms with Crippen LogP contribution in [-0.2, 0) is 4.43 Å². The number of fused-ring (bicyclic) bond motifs is 2. The van der Waals surface area contributed by atoms with Gasteiger partial charge in [-0.3, -0.25) is 0 Å². The van der Waals surface area contributed by atoms with E-state index in [4.69, 9.17) is 4.43 Å². The molecule has 0 spiro atoms. The summed E-state index contributed by atoms with van der Waals surface area (Å²) in [5.74, 6) is 2.59. The average molecular weight is 270 g/mol. The molecular weight excluding hydrogens is 240 g/mol. The highest BCUT2D eigenvalue weighted by Gasteiger charge is 2.51. The van der Waals surface area contributed by atoms with E-state index in [9.17, 15) is 5.11 Å². The van der Waals surface area contributed by atoms with Crippen molar-refractivity contribution in [3.8, 4) is 0 Å². The molecule has 2 aliphatic carbocycles. The van der Waals surface area contributed by atoms with Crippen molar-refractivity contribution < 1.29 is 9.53 Å². The Balaban J connectivity index is 1.95. The molecule has 2 aliphatic rings. The summed E-state index contributed by atoms with van der Waals surface area (Å²) in [6.45, 7) is 14.7. The van der Waals surface area contributed by atoms with Crippen LogP contribution in [0.1, 0.15) is 40.5 Å². The Morgan fingerprint density at radius 1 is 1.22 bits per heavy atom. The fraction of sp³-hybridized carbons (Fsp3) is 1.00. The van der Waals surface area contributed by atoms with Gasteiger partial charge in [-0.1, -0.05) is 27.7 Å². The van der Waals surface area contributed by atoms with E-state index in [-0.39, 0.29) is 11.1 Å². The fourth-order valence-corrected chi connectivity index (χ4v) is 4.56. The molecule has 0 aromatic rings. The van der Waals surface area contributed by atoms with E-state index >= 15 is 0 Å². The van der Waals surface area contributed by atoms with Crippen LogP contribution >= 0.6 is 0 Å². The van der Waals surface area contributed by atoms with E-state index in [0.29, 0.717) is 11.8 Å². The van der Waals surface area contributed by atoms with Gasteiger partial charge in [0.1, 0.15) is 0 Å². The van der Waals surface area contributed by atoms with Gasteiger partial charge in [0.15, 0.2) is 8.32 Å². The smallest absolute Gasteiger partial charge is 0.191 e. The van der Waals surface area contributed by atoms with Gasteiger partial charge < -0.3 is 9.53 Å². The first-order chi connectivity index (χ1) is 8.13. The SMILES string of the molecule is C[C@H]1[C@@H]2CC(O)[C@@H](C2)[C@H]1CO[Si](C)(C)C(C)(C)C. The lowest BCUT2D eigenvalue weighted by molar-refractivity contribution is 0.0334. The molecule has 1 unspecified atom stereocenters. The highest BCUT2D eigenvalue weighted by molar-refractivity contribution is 6.74. The van der Waals surface area contributed by atoms with Crippen molar-refractivity contribution in [2.24, 2.45) is 23.7 Å². The maximum atomic E-state index is 10.1. The standard InChI is InChI=1S/C15H30O2Si/c1-10-11-7-12(14(16)8-11)13(10)9-17-18(5,6)15(2,3)4/h10-14,16H,7-9H2,1-6H3/t10-,11-,12-,13-,14?/m0/s1. The van der Waals surface area contributed by atoms with Crippen LogP contribution in [0.25, 0.3) is 0 Å². The second-order valence-corrected chi connectivity index (χ2v) is 12.9. The van der Waals surface area contributed by atoms with Gasteiger partial charge in [-0.05, 0) is 54.6 Å². The van der Waals surface area contributed by atoms with Crippen LogP contribution in [0.4, 0.5) is 0 Å². The first-order valence-corrected chi connectivity index (χ1v) is 10.4. The van der Waals surface area contributed by atoms with Crippen LogP contribution in [0, 0.1) is 23.7 Å². The molecule has 0 aliphatic heterocycles. The minimum atomic E-state index is -1.63. The number of rotatable bonds is 3. The van der Waals surface area contributed by atoms with Gasteiger partial charge in [-0.25, -0.2) is 0 Å². The van der Waals surface area contributed by atoms with Crippen LogP contribution in [0.15, 0.2) is 0 Å². The zero-order chi connectivity index (χ0) is 13.7. The van der Waals surface area contributed by atoms with Gasteiger partial charge in [-0.15, -0.1) is 0 Å². The molecule has 0 amide bonds. The Hall–Kier alpha value is 0.137. The van der Waals surface area contributed by atoms with E-state index in [1.54, 1.807) is 0 Å². The first kappa shape index (κ1) is 14.5. The van der Waals surface area contributed by atoms with E-state index in [0.717, 1.165) is 24.9 Å². The van der Waals surface area contributed by atoms with Gasteiger partial charge in [0, 0.05) is 6.61 Å². The van der Waals surface area contributed by atoms with Crippen molar-refractivity contribution in [2.45, 2.75) is 64.8 Å². The molecule has 106 valence electrons. The van der Waals surface area contributed by atoms with Crippen LogP contribution in [0.3, 0.4) is 0 Å². The molecule has 2 rings (SSSR count). The van der Waals surface area contributed by atoms with E-state index in [2.05, 4.69) is 40.8 Å². The Morgan fingerprint density at radius 3 is 2.33 bits per heavy atom. The van der Waals surface area contributed by atoms with E-state index in [1.165, 1.54) is 6.42 Å².